The first-order valence-electron chi connectivity index (χ1n) is 8.04. The molecule has 1 aliphatic rings. The molecule has 0 amide bonds. The van der Waals surface area contributed by atoms with Crippen LogP contribution in [-0.4, -0.2) is 12.4 Å². The van der Waals surface area contributed by atoms with Crippen LogP contribution in [0.1, 0.15) is 63.2 Å². The van der Waals surface area contributed by atoms with E-state index < -0.39 is 0 Å². The third-order valence-corrected chi connectivity index (χ3v) is 4.56. The molecule has 0 bridgehead atoms. The van der Waals surface area contributed by atoms with Gasteiger partial charge in [-0.1, -0.05) is 44.5 Å². The van der Waals surface area contributed by atoms with Crippen LogP contribution in [0.5, 0.6) is 0 Å². The topological polar surface area (TPSA) is 59.1 Å². The standard InChI is InChI=1S/C18H28N2O/c1-18(2,17(19)20)12-5-6-13-21-16-11-7-9-14-8-3-4-10-15(14)16/h3-4,8,10,16H,5-7,9,11-13H2,1-2H3,(H3,19,20). The highest BCUT2D eigenvalue weighted by Crippen LogP contribution is 2.32. The molecule has 0 saturated heterocycles. The van der Waals surface area contributed by atoms with E-state index in [1.54, 1.807) is 0 Å². The van der Waals surface area contributed by atoms with Crippen LogP contribution in [0, 0.1) is 10.8 Å². The molecule has 3 nitrogen and oxygen atoms in total. The number of benzene rings is 1. The van der Waals surface area contributed by atoms with Crippen molar-refractivity contribution in [2.75, 3.05) is 6.61 Å². The number of ether oxygens (including phenoxy) is 1. The Hall–Kier alpha value is -1.35. The Kier molecular flexibility index (Phi) is 5.40. The van der Waals surface area contributed by atoms with Gasteiger partial charge in [0.2, 0.25) is 0 Å². The SMILES string of the molecule is CC(C)(CCCCOC1CCCc2ccccc21)C(=N)N. The lowest BCUT2D eigenvalue weighted by atomic mass is 9.86. The molecule has 0 radical (unpaired) electrons. The molecule has 116 valence electrons. The van der Waals surface area contributed by atoms with Crippen molar-refractivity contribution in [3.8, 4) is 0 Å². The molecule has 0 aliphatic heterocycles. The molecule has 3 N–H and O–H groups in total. The van der Waals surface area contributed by atoms with Gasteiger partial charge in [-0.05, 0) is 43.2 Å². The molecule has 0 saturated carbocycles. The van der Waals surface area contributed by atoms with Crippen LogP contribution in [0.2, 0.25) is 0 Å². The van der Waals surface area contributed by atoms with Gasteiger partial charge >= 0.3 is 0 Å². The molecule has 1 unspecified atom stereocenters. The lowest BCUT2D eigenvalue weighted by molar-refractivity contribution is 0.0377. The summed E-state index contributed by atoms with van der Waals surface area (Å²) < 4.78 is 6.10. The lowest BCUT2D eigenvalue weighted by Gasteiger charge is -2.26. The summed E-state index contributed by atoms with van der Waals surface area (Å²) in [6.45, 7) is 4.87. The minimum Gasteiger partial charge on any atom is -0.387 e. The zero-order valence-corrected chi connectivity index (χ0v) is 13.3. The van der Waals surface area contributed by atoms with Gasteiger partial charge < -0.3 is 10.5 Å². The van der Waals surface area contributed by atoms with E-state index in [9.17, 15) is 0 Å². The second kappa shape index (κ2) is 7.08. The van der Waals surface area contributed by atoms with E-state index in [-0.39, 0.29) is 17.4 Å². The van der Waals surface area contributed by atoms with Crippen LogP contribution in [0.15, 0.2) is 24.3 Å². The maximum absolute atomic E-state index is 7.57. The first kappa shape index (κ1) is 16.0. The van der Waals surface area contributed by atoms with Gasteiger partial charge in [0.15, 0.2) is 0 Å². The molecular formula is C18H28N2O. The zero-order chi connectivity index (χ0) is 15.3. The number of nitrogens with two attached hydrogens (primary N) is 1. The monoisotopic (exact) mass is 288 g/mol. The largest absolute Gasteiger partial charge is 0.387 e. The van der Waals surface area contributed by atoms with E-state index in [4.69, 9.17) is 15.9 Å². The van der Waals surface area contributed by atoms with Gasteiger partial charge in [-0.3, -0.25) is 5.41 Å². The molecule has 1 atom stereocenters. The van der Waals surface area contributed by atoms with Gasteiger partial charge in [-0.2, -0.15) is 0 Å². The second-order valence-electron chi connectivity index (χ2n) is 6.71. The molecule has 1 aromatic rings. The Morgan fingerprint density at radius 3 is 2.86 bits per heavy atom. The third-order valence-electron chi connectivity index (χ3n) is 4.56. The number of hydrogen-bond donors (Lipinski definition) is 2. The summed E-state index contributed by atoms with van der Waals surface area (Å²) in [7, 11) is 0. The number of aryl methyl sites for hydroxylation is 1. The number of nitrogens with one attached hydrogen (secondary N) is 1. The summed E-state index contributed by atoms with van der Waals surface area (Å²) in [5, 5.41) is 7.57. The van der Waals surface area contributed by atoms with Crippen molar-refractivity contribution >= 4 is 5.84 Å². The van der Waals surface area contributed by atoms with Gasteiger partial charge in [-0.15, -0.1) is 0 Å². The zero-order valence-electron chi connectivity index (χ0n) is 13.3. The van der Waals surface area contributed by atoms with Crippen molar-refractivity contribution in [3.05, 3.63) is 35.4 Å². The maximum atomic E-state index is 7.57. The summed E-state index contributed by atoms with van der Waals surface area (Å²) in [6.07, 6.45) is 6.86. The van der Waals surface area contributed by atoms with E-state index in [0.29, 0.717) is 0 Å². The number of hydrogen-bond acceptors (Lipinski definition) is 2. The van der Waals surface area contributed by atoms with Crippen LogP contribution in [0.25, 0.3) is 0 Å². The minimum absolute atomic E-state index is 0.183. The predicted octanol–water partition coefficient (Wildman–Crippen LogP) is 4.21. The fraction of sp³-hybridized carbons (Fsp3) is 0.611. The Balaban J connectivity index is 1.74. The first-order valence-corrected chi connectivity index (χ1v) is 8.04. The highest BCUT2D eigenvalue weighted by Gasteiger charge is 2.22. The molecule has 1 aliphatic carbocycles. The fourth-order valence-corrected chi connectivity index (χ4v) is 2.91. The van der Waals surface area contributed by atoms with E-state index in [1.807, 2.05) is 13.8 Å². The van der Waals surface area contributed by atoms with Crippen LogP contribution in [0.3, 0.4) is 0 Å². The highest BCUT2D eigenvalue weighted by molar-refractivity contribution is 5.82. The molecule has 2 rings (SSSR count). The summed E-state index contributed by atoms with van der Waals surface area (Å²) in [6, 6.07) is 8.65. The molecule has 0 aromatic heterocycles. The van der Waals surface area contributed by atoms with Crippen LogP contribution in [0.4, 0.5) is 0 Å². The summed E-state index contributed by atoms with van der Waals surface area (Å²) in [5.41, 5.74) is 8.26. The highest BCUT2D eigenvalue weighted by atomic mass is 16.5. The van der Waals surface area contributed by atoms with Crippen molar-refractivity contribution in [3.63, 3.8) is 0 Å². The normalized spacial score (nSPS) is 18.3. The van der Waals surface area contributed by atoms with Gasteiger partial charge in [0.05, 0.1) is 11.9 Å². The molecule has 0 spiro atoms. The molecule has 21 heavy (non-hydrogen) atoms. The average Bonchev–Trinajstić information content (AvgIpc) is 2.47. The van der Waals surface area contributed by atoms with Gasteiger partial charge in [-0.25, -0.2) is 0 Å². The van der Waals surface area contributed by atoms with Crippen LogP contribution < -0.4 is 5.73 Å². The van der Waals surface area contributed by atoms with Crippen molar-refractivity contribution in [1.29, 1.82) is 5.41 Å². The molecular weight excluding hydrogens is 260 g/mol. The number of unbranched alkanes of at least 4 members (excludes halogenated alkanes) is 1. The molecule has 0 heterocycles. The van der Waals surface area contributed by atoms with E-state index in [0.717, 1.165) is 32.3 Å². The summed E-state index contributed by atoms with van der Waals surface area (Å²) >= 11 is 0. The van der Waals surface area contributed by atoms with Crippen molar-refractivity contribution in [1.82, 2.24) is 0 Å². The van der Waals surface area contributed by atoms with Gasteiger partial charge in [0, 0.05) is 12.0 Å². The Morgan fingerprint density at radius 2 is 2.10 bits per heavy atom. The number of rotatable bonds is 7. The van der Waals surface area contributed by atoms with Crippen molar-refractivity contribution in [2.24, 2.45) is 11.1 Å². The molecule has 0 fully saturated rings. The maximum Gasteiger partial charge on any atom is 0.0963 e. The summed E-state index contributed by atoms with van der Waals surface area (Å²) in [5.74, 6) is 0.282. The fourth-order valence-electron chi connectivity index (χ4n) is 2.91. The Bertz CT molecular complexity index is 482. The predicted molar refractivity (Wildman–Crippen MR) is 87.6 cm³/mol. The smallest absolute Gasteiger partial charge is 0.0963 e. The van der Waals surface area contributed by atoms with E-state index >= 15 is 0 Å². The lowest BCUT2D eigenvalue weighted by Crippen LogP contribution is -2.30. The Labute approximate surface area is 128 Å². The molecule has 3 heteroatoms. The summed E-state index contributed by atoms with van der Waals surface area (Å²) in [4.78, 5) is 0. The van der Waals surface area contributed by atoms with Crippen molar-refractivity contribution < 1.29 is 4.74 Å². The van der Waals surface area contributed by atoms with Crippen LogP contribution >= 0.6 is 0 Å². The van der Waals surface area contributed by atoms with Crippen molar-refractivity contribution in [2.45, 2.75) is 58.5 Å². The van der Waals surface area contributed by atoms with E-state index in [2.05, 4.69) is 24.3 Å². The van der Waals surface area contributed by atoms with E-state index in [1.165, 1.54) is 24.0 Å². The third kappa shape index (κ3) is 4.31. The van der Waals surface area contributed by atoms with Gasteiger partial charge in [0.25, 0.3) is 0 Å². The second-order valence-corrected chi connectivity index (χ2v) is 6.71. The minimum atomic E-state index is -0.183. The van der Waals surface area contributed by atoms with Crippen LogP contribution in [-0.2, 0) is 11.2 Å². The number of fused-ring (bicyclic) bond motifs is 1. The quantitative estimate of drug-likeness (QED) is 0.448. The van der Waals surface area contributed by atoms with Gasteiger partial charge in [0.1, 0.15) is 0 Å². The Morgan fingerprint density at radius 1 is 1.33 bits per heavy atom. The number of amidine groups is 1. The first-order chi connectivity index (χ1) is 10.0. The molecule has 1 aromatic carbocycles. The average molecular weight is 288 g/mol.